The van der Waals surface area contributed by atoms with Crippen molar-refractivity contribution in [2.24, 2.45) is 0 Å². The molecule has 0 unspecified atom stereocenters. The molecule has 2 aromatic rings. The molecule has 1 aromatic carbocycles. The van der Waals surface area contributed by atoms with Crippen LogP contribution >= 0.6 is 0 Å². The number of fused-ring (bicyclic) bond motifs is 1. The summed E-state index contributed by atoms with van der Waals surface area (Å²) in [6, 6.07) is 6.31. The Morgan fingerprint density at radius 2 is 2.27 bits per heavy atom. The van der Waals surface area contributed by atoms with Gasteiger partial charge in [0.15, 0.2) is 0 Å². The number of benzene rings is 1. The van der Waals surface area contributed by atoms with Gasteiger partial charge in [0.2, 0.25) is 5.91 Å². The van der Waals surface area contributed by atoms with Gasteiger partial charge in [-0.2, -0.15) is 0 Å². The van der Waals surface area contributed by atoms with E-state index in [1.165, 1.54) is 11.1 Å². The van der Waals surface area contributed by atoms with Crippen molar-refractivity contribution in [2.45, 2.75) is 45.9 Å². The highest BCUT2D eigenvalue weighted by Gasteiger charge is 2.20. The van der Waals surface area contributed by atoms with Crippen LogP contribution in [0.1, 0.15) is 30.9 Å². The molecule has 1 aliphatic rings. The molecule has 140 valence electrons. The molecular formula is C20H28N4O2. The van der Waals surface area contributed by atoms with Crippen LogP contribution < -0.4 is 10.1 Å². The summed E-state index contributed by atoms with van der Waals surface area (Å²) in [7, 11) is 0. The number of nitrogens with one attached hydrogen (secondary N) is 1. The number of aryl methyl sites for hydroxylation is 2. The first-order valence-electron chi connectivity index (χ1n) is 9.31. The molecule has 0 spiro atoms. The molecular weight excluding hydrogens is 328 g/mol. The van der Waals surface area contributed by atoms with Crippen molar-refractivity contribution in [3.63, 3.8) is 0 Å². The molecule has 0 fully saturated rings. The number of rotatable bonds is 7. The predicted octanol–water partition coefficient (Wildman–Crippen LogP) is 2.37. The van der Waals surface area contributed by atoms with Crippen molar-refractivity contribution in [3.8, 4) is 5.75 Å². The fourth-order valence-corrected chi connectivity index (χ4v) is 3.30. The molecule has 1 N–H and O–H groups in total. The van der Waals surface area contributed by atoms with Crippen molar-refractivity contribution in [1.29, 1.82) is 0 Å². The SMILES string of the molecule is Cc1ccc2c(c1)CN(CCC(=O)NCCCn1ccnc1)C[C@@H](C)O2. The number of ether oxygens (including phenoxy) is 1. The van der Waals surface area contributed by atoms with Crippen LogP contribution in [0.15, 0.2) is 36.9 Å². The highest BCUT2D eigenvalue weighted by Crippen LogP contribution is 2.26. The highest BCUT2D eigenvalue weighted by molar-refractivity contribution is 5.76. The fraction of sp³-hybridized carbons (Fsp3) is 0.500. The van der Waals surface area contributed by atoms with Crippen LogP contribution in [-0.2, 0) is 17.9 Å². The Bertz CT molecular complexity index is 715. The third kappa shape index (κ3) is 5.33. The molecule has 6 heteroatoms. The smallest absolute Gasteiger partial charge is 0.221 e. The first-order valence-corrected chi connectivity index (χ1v) is 9.31. The Morgan fingerprint density at radius 1 is 1.38 bits per heavy atom. The van der Waals surface area contributed by atoms with Crippen molar-refractivity contribution in [1.82, 2.24) is 19.8 Å². The number of hydrogen-bond acceptors (Lipinski definition) is 4. The van der Waals surface area contributed by atoms with E-state index in [1.54, 1.807) is 12.5 Å². The molecule has 0 saturated carbocycles. The molecule has 2 heterocycles. The Labute approximate surface area is 155 Å². The Morgan fingerprint density at radius 3 is 3.08 bits per heavy atom. The molecule has 0 radical (unpaired) electrons. The van der Waals surface area contributed by atoms with E-state index in [9.17, 15) is 4.79 Å². The van der Waals surface area contributed by atoms with Crippen LogP contribution in [0, 0.1) is 6.92 Å². The van der Waals surface area contributed by atoms with Gasteiger partial charge in [0.05, 0.1) is 6.33 Å². The number of nitrogens with zero attached hydrogens (tertiary/aromatic N) is 3. The van der Waals surface area contributed by atoms with Gasteiger partial charge in [-0.15, -0.1) is 0 Å². The topological polar surface area (TPSA) is 59.4 Å². The summed E-state index contributed by atoms with van der Waals surface area (Å²) in [5.41, 5.74) is 2.44. The lowest BCUT2D eigenvalue weighted by atomic mass is 10.1. The quantitative estimate of drug-likeness (QED) is 0.774. The van der Waals surface area contributed by atoms with E-state index < -0.39 is 0 Å². The van der Waals surface area contributed by atoms with Gasteiger partial charge in [-0.3, -0.25) is 9.69 Å². The standard InChI is InChI=1S/C20H28N4O2/c1-16-4-5-19-18(12-16)14-24(13-17(2)26-19)10-6-20(25)22-7-3-9-23-11-8-21-15-23/h4-5,8,11-12,15,17H,3,6-7,9-10,13-14H2,1-2H3,(H,22,25)/t17-/m1/s1. The zero-order valence-corrected chi connectivity index (χ0v) is 15.6. The average Bonchev–Trinajstić information content (AvgIpc) is 3.06. The van der Waals surface area contributed by atoms with E-state index in [-0.39, 0.29) is 12.0 Å². The van der Waals surface area contributed by atoms with Gasteiger partial charge in [-0.25, -0.2) is 4.98 Å². The number of carbonyl (C=O) groups is 1. The Balaban J connectivity index is 1.42. The van der Waals surface area contributed by atoms with Crippen molar-refractivity contribution >= 4 is 5.91 Å². The summed E-state index contributed by atoms with van der Waals surface area (Å²) in [6.45, 7) is 8.15. The summed E-state index contributed by atoms with van der Waals surface area (Å²) in [6.07, 6.45) is 7.04. The number of hydrogen-bond donors (Lipinski definition) is 1. The van der Waals surface area contributed by atoms with E-state index in [4.69, 9.17) is 4.74 Å². The van der Waals surface area contributed by atoms with Gasteiger partial charge >= 0.3 is 0 Å². The maximum atomic E-state index is 12.1. The lowest BCUT2D eigenvalue weighted by molar-refractivity contribution is -0.121. The number of aromatic nitrogens is 2. The molecule has 1 atom stereocenters. The molecule has 3 rings (SSSR count). The van der Waals surface area contributed by atoms with Crippen LogP contribution in [0.25, 0.3) is 0 Å². The van der Waals surface area contributed by atoms with Gasteiger partial charge < -0.3 is 14.6 Å². The van der Waals surface area contributed by atoms with E-state index in [2.05, 4.69) is 47.2 Å². The third-order valence-electron chi connectivity index (χ3n) is 4.58. The van der Waals surface area contributed by atoms with Crippen LogP contribution in [0.3, 0.4) is 0 Å². The molecule has 1 aromatic heterocycles. The van der Waals surface area contributed by atoms with Gasteiger partial charge in [-0.1, -0.05) is 17.7 Å². The second-order valence-electron chi connectivity index (χ2n) is 7.03. The number of imidazole rings is 1. The zero-order chi connectivity index (χ0) is 18.4. The summed E-state index contributed by atoms with van der Waals surface area (Å²) in [5, 5.41) is 3.01. The van der Waals surface area contributed by atoms with Gasteiger partial charge in [0.1, 0.15) is 11.9 Å². The first-order chi connectivity index (χ1) is 12.6. The van der Waals surface area contributed by atoms with E-state index in [0.29, 0.717) is 13.0 Å². The van der Waals surface area contributed by atoms with E-state index in [1.807, 2.05) is 10.8 Å². The summed E-state index contributed by atoms with van der Waals surface area (Å²) in [4.78, 5) is 18.4. The lowest BCUT2D eigenvalue weighted by Gasteiger charge is -2.21. The zero-order valence-electron chi connectivity index (χ0n) is 15.6. The molecule has 1 aliphatic heterocycles. The molecule has 0 aliphatic carbocycles. The molecule has 6 nitrogen and oxygen atoms in total. The first kappa shape index (κ1) is 18.5. The lowest BCUT2D eigenvalue weighted by Crippen LogP contribution is -2.35. The number of carbonyl (C=O) groups excluding carboxylic acids is 1. The average molecular weight is 356 g/mol. The predicted molar refractivity (Wildman–Crippen MR) is 101 cm³/mol. The van der Waals surface area contributed by atoms with Crippen LogP contribution in [0.4, 0.5) is 0 Å². The highest BCUT2D eigenvalue weighted by atomic mass is 16.5. The summed E-state index contributed by atoms with van der Waals surface area (Å²) in [5.74, 6) is 1.08. The van der Waals surface area contributed by atoms with Gasteiger partial charge in [0, 0.05) is 57.1 Å². The van der Waals surface area contributed by atoms with Crippen molar-refractivity contribution in [3.05, 3.63) is 48.0 Å². The molecule has 0 bridgehead atoms. The van der Waals surface area contributed by atoms with Gasteiger partial charge in [0.25, 0.3) is 0 Å². The van der Waals surface area contributed by atoms with Gasteiger partial charge in [-0.05, 0) is 26.3 Å². The van der Waals surface area contributed by atoms with E-state index in [0.717, 1.165) is 38.3 Å². The van der Waals surface area contributed by atoms with Crippen molar-refractivity contribution in [2.75, 3.05) is 19.6 Å². The van der Waals surface area contributed by atoms with E-state index >= 15 is 0 Å². The molecule has 0 saturated heterocycles. The fourth-order valence-electron chi connectivity index (χ4n) is 3.30. The van der Waals surface area contributed by atoms with Crippen LogP contribution in [0.2, 0.25) is 0 Å². The Kier molecular flexibility index (Phi) is 6.28. The van der Waals surface area contributed by atoms with Crippen LogP contribution in [-0.4, -0.2) is 46.1 Å². The summed E-state index contributed by atoms with van der Waals surface area (Å²) < 4.78 is 8.03. The largest absolute Gasteiger partial charge is 0.489 e. The second-order valence-corrected chi connectivity index (χ2v) is 7.03. The Hall–Kier alpha value is -2.34. The monoisotopic (exact) mass is 356 g/mol. The minimum absolute atomic E-state index is 0.109. The minimum Gasteiger partial charge on any atom is -0.489 e. The summed E-state index contributed by atoms with van der Waals surface area (Å²) >= 11 is 0. The van der Waals surface area contributed by atoms with Crippen LogP contribution in [0.5, 0.6) is 5.75 Å². The third-order valence-corrected chi connectivity index (χ3v) is 4.58. The maximum Gasteiger partial charge on any atom is 0.221 e. The number of amides is 1. The maximum absolute atomic E-state index is 12.1. The minimum atomic E-state index is 0.109. The molecule has 1 amide bonds. The van der Waals surface area contributed by atoms with Crippen molar-refractivity contribution < 1.29 is 9.53 Å². The normalized spacial score (nSPS) is 17.2. The molecule has 26 heavy (non-hydrogen) atoms. The second kappa shape index (κ2) is 8.85.